The van der Waals surface area contributed by atoms with Gasteiger partial charge in [-0.1, -0.05) is 91.0 Å². The molecule has 1 fully saturated rings. The predicted molar refractivity (Wildman–Crippen MR) is 166 cm³/mol. The van der Waals surface area contributed by atoms with Crippen LogP contribution < -0.4 is 5.32 Å². The summed E-state index contributed by atoms with van der Waals surface area (Å²) in [6.45, 7) is 7.11. The van der Waals surface area contributed by atoms with Gasteiger partial charge in [0.05, 0.1) is 12.6 Å². The fourth-order valence-corrected chi connectivity index (χ4v) is 5.02. The highest BCUT2D eigenvalue weighted by molar-refractivity contribution is 6.03. The number of aryl methyl sites for hydroxylation is 1. The fraction of sp³-hybridized carbons (Fsp3) is 0.371. The van der Waals surface area contributed by atoms with Gasteiger partial charge in [0.1, 0.15) is 18.2 Å². The Labute approximate surface area is 259 Å². The maximum absolute atomic E-state index is 13.9. The molecule has 0 bridgehead atoms. The zero-order valence-corrected chi connectivity index (χ0v) is 25.8. The molecule has 1 heterocycles. The second kappa shape index (κ2) is 14.8. The first-order valence-corrected chi connectivity index (χ1v) is 14.9. The van der Waals surface area contributed by atoms with E-state index in [-0.39, 0.29) is 19.7 Å². The highest BCUT2D eigenvalue weighted by Gasteiger charge is 2.48. The number of ether oxygens (including phenoxy) is 2. The number of nitrogens with one attached hydrogen (secondary N) is 1. The molecule has 3 atom stereocenters. The summed E-state index contributed by atoms with van der Waals surface area (Å²) in [6.07, 6.45) is 0.923. The van der Waals surface area contributed by atoms with Crippen LogP contribution in [0.25, 0.3) is 0 Å². The summed E-state index contributed by atoms with van der Waals surface area (Å²) >= 11 is 0. The number of hydrogen-bond donors (Lipinski definition) is 1. The number of amides is 3. The minimum atomic E-state index is -1.13. The molecule has 1 aliphatic heterocycles. The molecule has 0 unspecified atom stereocenters. The summed E-state index contributed by atoms with van der Waals surface area (Å²) in [4.78, 5) is 56.5. The smallest absolute Gasteiger partial charge is 0.331 e. The van der Waals surface area contributed by atoms with Crippen LogP contribution in [-0.2, 0) is 43.4 Å². The van der Waals surface area contributed by atoms with Crippen LogP contribution in [0.1, 0.15) is 50.8 Å². The number of esters is 2. The van der Waals surface area contributed by atoms with Crippen molar-refractivity contribution in [2.45, 2.75) is 77.4 Å². The Hall–Kier alpha value is -4.50. The predicted octanol–water partition coefficient (Wildman–Crippen LogP) is 4.88. The number of benzene rings is 3. The van der Waals surface area contributed by atoms with Gasteiger partial charge in [-0.25, -0.2) is 14.5 Å². The summed E-state index contributed by atoms with van der Waals surface area (Å²) < 4.78 is 11.2. The molecule has 0 spiro atoms. The molecule has 9 heteroatoms. The van der Waals surface area contributed by atoms with Crippen molar-refractivity contribution in [3.63, 3.8) is 0 Å². The van der Waals surface area contributed by atoms with E-state index in [9.17, 15) is 19.2 Å². The Morgan fingerprint density at radius 1 is 0.864 bits per heavy atom. The van der Waals surface area contributed by atoms with Crippen LogP contribution in [0, 0.1) is 0 Å². The third-order valence-electron chi connectivity index (χ3n) is 7.21. The topological polar surface area (TPSA) is 105 Å². The number of carbonyl (C=O) groups excluding carboxylic acids is 4. The molecule has 0 aromatic heterocycles. The van der Waals surface area contributed by atoms with Gasteiger partial charge in [-0.05, 0) is 57.2 Å². The number of hydrogen-bond acceptors (Lipinski definition) is 7. The molecule has 232 valence electrons. The van der Waals surface area contributed by atoms with Crippen molar-refractivity contribution in [1.82, 2.24) is 15.1 Å². The highest BCUT2D eigenvalue weighted by atomic mass is 16.6. The molecule has 3 amide bonds. The highest BCUT2D eigenvalue weighted by Crippen LogP contribution is 2.23. The van der Waals surface area contributed by atoms with Crippen LogP contribution in [0.5, 0.6) is 0 Å². The van der Waals surface area contributed by atoms with Crippen LogP contribution in [0.15, 0.2) is 91.0 Å². The largest absolute Gasteiger partial charge is 0.460 e. The Morgan fingerprint density at radius 2 is 1.41 bits per heavy atom. The number of rotatable bonds is 12. The van der Waals surface area contributed by atoms with E-state index in [1.165, 1.54) is 4.90 Å². The first kappa shape index (κ1) is 32.4. The number of imide groups is 1. The molecule has 0 saturated carbocycles. The maximum Gasteiger partial charge on any atom is 0.331 e. The minimum Gasteiger partial charge on any atom is -0.460 e. The third kappa shape index (κ3) is 9.00. The van der Waals surface area contributed by atoms with Crippen LogP contribution in [0.3, 0.4) is 0 Å². The van der Waals surface area contributed by atoms with Gasteiger partial charge in [0, 0.05) is 6.54 Å². The normalized spacial score (nSPS) is 16.4. The van der Waals surface area contributed by atoms with Crippen LogP contribution in [-0.4, -0.2) is 63.9 Å². The molecule has 3 aromatic carbocycles. The Kier molecular flexibility index (Phi) is 10.9. The molecule has 1 aliphatic rings. The SMILES string of the molecule is C[C@@H](N[C@@H](CCc1ccccc1)C(=O)OCc1ccccc1)C(=O)N1C(=O)N(Cc2ccccc2)C[C@H]1C(=O)OC(C)(C)C. The van der Waals surface area contributed by atoms with E-state index in [4.69, 9.17) is 9.47 Å². The Bertz CT molecular complexity index is 1410. The van der Waals surface area contributed by atoms with Crippen LogP contribution in [0.2, 0.25) is 0 Å². The number of urea groups is 1. The zero-order valence-electron chi connectivity index (χ0n) is 25.8. The Morgan fingerprint density at radius 3 is 1.98 bits per heavy atom. The number of nitrogens with zero attached hydrogens (tertiary/aromatic N) is 2. The van der Waals surface area contributed by atoms with E-state index in [1.807, 2.05) is 91.0 Å². The molecule has 0 radical (unpaired) electrons. The molecule has 1 saturated heterocycles. The lowest BCUT2D eigenvalue weighted by Gasteiger charge is -2.28. The minimum absolute atomic E-state index is 0.00233. The van der Waals surface area contributed by atoms with Crippen molar-refractivity contribution >= 4 is 23.9 Å². The van der Waals surface area contributed by atoms with E-state index in [0.29, 0.717) is 12.8 Å². The van der Waals surface area contributed by atoms with Crippen molar-refractivity contribution in [3.8, 4) is 0 Å². The summed E-state index contributed by atoms with van der Waals surface area (Å²) in [5.41, 5.74) is 1.93. The Balaban J connectivity index is 1.52. The monoisotopic (exact) mass is 599 g/mol. The van der Waals surface area contributed by atoms with E-state index < -0.39 is 47.6 Å². The molecular weight excluding hydrogens is 558 g/mol. The lowest BCUT2D eigenvalue weighted by atomic mass is 10.0. The zero-order chi connectivity index (χ0) is 31.7. The van der Waals surface area contributed by atoms with Gasteiger partial charge in [0.15, 0.2) is 6.04 Å². The first-order valence-electron chi connectivity index (χ1n) is 14.9. The van der Waals surface area contributed by atoms with Crippen molar-refractivity contribution in [2.24, 2.45) is 0 Å². The third-order valence-corrected chi connectivity index (χ3v) is 7.21. The van der Waals surface area contributed by atoms with Gasteiger partial charge < -0.3 is 14.4 Å². The quantitative estimate of drug-likeness (QED) is 0.296. The molecule has 44 heavy (non-hydrogen) atoms. The first-order chi connectivity index (χ1) is 21.0. The lowest BCUT2D eigenvalue weighted by Crippen LogP contribution is -2.55. The average Bonchev–Trinajstić information content (AvgIpc) is 3.33. The van der Waals surface area contributed by atoms with Crippen LogP contribution >= 0.6 is 0 Å². The molecule has 4 rings (SSSR count). The van der Waals surface area contributed by atoms with Gasteiger partial charge in [0.2, 0.25) is 5.91 Å². The lowest BCUT2D eigenvalue weighted by molar-refractivity contribution is -0.162. The molecule has 9 nitrogen and oxygen atoms in total. The maximum atomic E-state index is 13.9. The van der Waals surface area contributed by atoms with Crippen molar-refractivity contribution in [1.29, 1.82) is 0 Å². The van der Waals surface area contributed by atoms with E-state index in [2.05, 4.69) is 5.32 Å². The molecule has 3 aromatic rings. The van der Waals surface area contributed by atoms with E-state index >= 15 is 0 Å². The van der Waals surface area contributed by atoms with Gasteiger partial charge in [0.25, 0.3) is 0 Å². The summed E-state index contributed by atoms with van der Waals surface area (Å²) in [6, 6.07) is 24.9. The van der Waals surface area contributed by atoms with Gasteiger partial charge in [-0.15, -0.1) is 0 Å². The molecular formula is C35H41N3O6. The second-order valence-corrected chi connectivity index (χ2v) is 12.0. The van der Waals surface area contributed by atoms with Crippen molar-refractivity contribution in [3.05, 3.63) is 108 Å². The van der Waals surface area contributed by atoms with E-state index in [1.54, 1.807) is 27.7 Å². The standard InChI is InChI=1S/C35H41N3O6/c1-25(36-29(21-20-26-14-8-5-9-15-26)32(40)43-24-28-18-12-7-13-19-28)31(39)38-30(33(41)44-35(2,3)4)23-37(34(38)42)22-27-16-10-6-11-17-27/h5-19,25,29-30,36H,20-24H2,1-4H3/t25-,29+,30+/m1/s1. The van der Waals surface area contributed by atoms with Gasteiger partial charge >= 0.3 is 18.0 Å². The number of carbonyl (C=O) groups is 4. The fourth-order valence-electron chi connectivity index (χ4n) is 5.02. The van der Waals surface area contributed by atoms with Crippen LogP contribution in [0.4, 0.5) is 4.79 Å². The second-order valence-electron chi connectivity index (χ2n) is 12.0. The average molecular weight is 600 g/mol. The molecule has 1 N–H and O–H groups in total. The van der Waals surface area contributed by atoms with Gasteiger partial charge in [-0.3, -0.25) is 14.9 Å². The van der Waals surface area contributed by atoms with Crippen molar-refractivity contribution < 1.29 is 28.7 Å². The van der Waals surface area contributed by atoms with Gasteiger partial charge in [-0.2, -0.15) is 0 Å². The summed E-state index contributed by atoms with van der Waals surface area (Å²) in [7, 11) is 0. The van der Waals surface area contributed by atoms with E-state index in [0.717, 1.165) is 21.6 Å². The summed E-state index contributed by atoms with van der Waals surface area (Å²) in [5.74, 6) is -1.79. The van der Waals surface area contributed by atoms with Crippen molar-refractivity contribution in [2.75, 3.05) is 6.54 Å². The summed E-state index contributed by atoms with van der Waals surface area (Å²) in [5, 5.41) is 3.10. The molecule has 0 aliphatic carbocycles.